The van der Waals surface area contributed by atoms with Crippen LogP contribution in [0.15, 0.2) is 30.3 Å². The van der Waals surface area contributed by atoms with Crippen molar-refractivity contribution in [2.24, 2.45) is 0 Å². The van der Waals surface area contributed by atoms with Crippen LogP contribution < -0.4 is 0 Å². The minimum absolute atomic E-state index is 0.0498. The highest BCUT2D eigenvalue weighted by Crippen LogP contribution is 2.25. The Balaban J connectivity index is 2.89. The molecule has 1 atom stereocenters. The first-order valence-electron chi connectivity index (χ1n) is 6.51. The van der Waals surface area contributed by atoms with Gasteiger partial charge in [-0.2, -0.15) is 9.57 Å². The number of hydrogen-bond donors (Lipinski definition) is 1. The molecular formula is C14H20N2O3S. The van der Waals surface area contributed by atoms with Crippen molar-refractivity contribution in [2.45, 2.75) is 25.3 Å². The number of rotatable bonds is 8. The van der Waals surface area contributed by atoms with E-state index in [0.717, 1.165) is 5.56 Å². The van der Waals surface area contributed by atoms with Crippen molar-refractivity contribution in [1.82, 2.24) is 4.31 Å². The predicted octanol–water partition coefficient (Wildman–Crippen LogP) is 1.68. The zero-order chi connectivity index (χ0) is 15.0. The third-order valence-electron chi connectivity index (χ3n) is 3.16. The van der Waals surface area contributed by atoms with Crippen LogP contribution in [0.3, 0.4) is 0 Å². The Labute approximate surface area is 120 Å². The lowest BCUT2D eigenvalue weighted by Gasteiger charge is -2.27. The number of aliphatic hydroxyl groups excluding tert-OH is 1. The van der Waals surface area contributed by atoms with Gasteiger partial charge in [-0.25, -0.2) is 8.42 Å². The van der Waals surface area contributed by atoms with E-state index in [0.29, 0.717) is 12.8 Å². The molecule has 0 saturated heterocycles. The summed E-state index contributed by atoms with van der Waals surface area (Å²) in [5.41, 5.74) is 0.855. The van der Waals surface area contributed by atoms with Gasteiger partial charge >= 0.3 is 0 Å². The predicted molar refractivity (Wildman–Crippen MR) is 77.3 cm³/mol. The Morgan fingerprint density at radius 2 is 2.00 bits per heavy atom. The number of nitrogens with zero attached hydrogens (tertiary/aromatic N) is 2. The fourth-order valence-electron chi connectivity index (χ4n) is 2.03. The molecule has 20 heavy (non-hydrogen) atoms. The van der Waals surface area contributed by atoms with Gasteiger partial charge in [0.15, 0.2) is 0 Å². The van der Waals surface area contributed by atoms with E-state index in [2.05, 4.69) is 0 Å². The van der Waals surface area contributed by atoms with Gasteiger partial charge in [-0.3, -0.25) is 0 Å². The van der Waals surface area contributed by atoms with Gasteiger partial charge in [0.1, 0.15) is 0 Å². The summed E-state index contributed by atoms with van der Waals surface area (Å²) >= 11 is 0. The van der Waals surface area contributed by atoms with E-state index in [1.54, 1.807) is 0 Å². The molecule has 0 spiro atoms. The van der Waals surface area contributed by atoms with E-state index < -0.39 is 10.0 Å². The van der Waals surface area contributed by atoms with Gasteiger partial charge in [0.25, 0.3) is 0 Å². The number of unbranched alkanes of at least 4 members (excludes halogenated alkanes) is 1. The first-order valence-corrected chi connectivity index (χ1v) is 8.12. The topological polar surface area (TPSA) is 81.4 Å². The third kappa shape index (κ3) is 4.60. The molecule has 110 valence electrons. The van der Waals surface area contributed by atoms with Crippen LogP contribution in [0.5, 0.6) is 0 Å². The smallest absolute Gasteiger partial charge is 0.214 e. The van der Waals surface area contributed by atoms with Crippen LogP contribution in [0.2, 0.25) is 0 Å². The molecule has 1 aromatic rings. The van der Waals surface area contributed by atoms with Crippen molar-refractivity contribution in [3.05, 3.63) is 35.9 Å². The minimum Gasteiger partial charge on any atom is -0.396 e. The second kappa shape index (κ2) is 8.00. The normalized spacial score (nSPS) is 13.1. The Hall–Kier alpha value is -1.42. The summed E-state index contributed by atoms with van der Waals surface area (Å²) in [4.78, 5) is 0. The summed E-state index contributed by atoms with van der Waals surface area (Å²) in [5, 5.41) is 17.6. The highest BCUT2D eigenvalue weighted by atomic mass is 32.2. The van der Waals surface area contributed by atoms with E-state index in [1.165, 1.54) is 11.4 Å². The molecule has 1 aromatic carbocycles. The summed E-state index contributed by atoms with van der Waals surface area (Å²) in [5.74, 6) is -0.0498. The van der Waals surface area contributed by atoms with Crippen molar-refractivity contribution in [2.75, 3.05) is 19.4 Å². The van der Waals surface area contributed by atoms with Crippen molar-refractivity contribution in [3.63, 3.8) is 0 Å². The zero-order valence-corrected chi connectivity index (χ0v) is 12.4. The number of nitriles is 1. The first-order chi connectivity index (χ1) is 9.53. The standard InChI is InChI=1S/C14H20N2O3S/c1-16(20(18,19)12-6-5-10-15)14(9-11-17)13-7-3-2-4-8-13/h2-4,7-8,14,17H,5-6,9,11-12H2,1H3. The first kappa shape index (κ1) is 16.6. The monoisotopic (exact) mass is 296 g/mol. The van der Waals surface area contributed by atoms with E-state index in [1.807, 2.05) is 36.4 Å². The summed E-state index contributed by atoms with van der Waals surface area (Å²) in [6.45, 7) is -0.0857. The average Bonchev–Trinajstić information content (AvgIpc) is 2.45. The van der Waals surface area contributed by atoms with E-state index in [9.17, 15) is 8.42 Å². The number of sulfonamides is 1. The second-order valence-corrected chi connectivity index (χ2v) is 6.68. The molecular weight excluding hydrogens is 276 g/mol. The van der Waals surface area contributed by atoms with Crippen LogP contribution in [0.25, 0.3) is 0 Å². The fourth-order valence-corrected chi connectivity index (χ4v) is 3.44. The molecule has 1 rings (SSSR count). The molecule has 1 N–H and O–H groups in total. The summed E-state index contributed by atoms with van der Waals surface area (Å²) in [6, 6.07) is 10.8. The van der Waals surface area contributed by atoms with Gasteiger partial charge in [-0.05, 0) is 18.4 Å². The third-order valence-corrected chi connectivity index (χ3v) is 5.09. The van der Waals surface area contributed by atoms with Crippen LogP contribution >= 0.6 is 0 Å². The highest BCUT2D eigenvalue weighted by molar-refractivity contribution is 7.89. The lowest BCUT2D eigenvalue weighted by Crippen LogP contribution is -2.33. The Bertz CT molecular complexity index is 537. The summed E-state index contributed by atoms with van der Waals surface area (Å²) in [7, 11) is -1.91. The highest BCUT2D eigenvalue weighted by Gasteiger charge is 2.26. The number of benzene rings is 1. The van der Waals surface area contributed by atoms with Crippen LogP contribution in [0.1, 0.15) is 30.9 Å². The Kier molecular flexibility index (Phi) is 6.65. The molecule has 0 fully saturated rings. The van der Waals surface area contributed by atoms with Crippen molar-refractivity contribution in [3.8, 4) is 6.07 Å². The molecule has 0 aliphatic heterocycles. The molecule has 6 heteroatoms. The molecule has 0 aliphatic carbocycles. The molecule has 0 radical (unpaired) electrons. The molecule has 0 aliphatic rings. The van der Waals surface area contributed by atoms with Gasteiger partial charge in [0.2, 0.25) is 10.0 Å². The molecule has 5 nitrogen and oxygen atoms in total. The van der Waals surface area contributed by atoms with E-state index >= 15 is 0 Å². The van der Waals surface area contributed by atoms with Crippen LogP contribution in [-0.4, -0.2) is 37.2 Å². The van der Waals surface area contributed by atoms with Gasteiger partial charge in [0, 0.05) is 20.1 Å². The lowest BCUT2D eigenvalue weighted by atomic mass is 10.0. The largest absolute Gasteiger partial charge is 0.396 e. The van der Waals surface area contributed by atoms with Crippen molar-refractivity contribution in [1.29, 1.82) is 5.26 Å². The van der Waals surface area contributed by atoms with Crippen molar-refractivity contribution < 1.29 is 13.5 Å². The molecule has 0 bridgehead atoms. The van der Waals surface area contributed by atoms with Gasteiger partial charge < -0.3 is 5.11 Å². The molecule has 0 aromatic heterocycles. The molecule has 0 saturated carbocycles. The van der Waals surface area contributed by atoms with Crippen LogP contribution in [0, 0.1) is 11.3 Å². The second-order valence-electron chi connectivity index (χ2n) is 4.53. The maximum Gasteiger partial charge on any atom is 0.214 e. The van der Waals surface area contributed by atoms with E-state index in [-0.39, 0.29) is 24.8 Å². The van der Waals surface area contributed by atoms with Gasteiger partial charge in [-0.15, -0.1) is 0 Å². The van der Waals surface area contributed by atoms with Crippen LogP contribution in [0.4, 0.5) is 0 Å². The molecule has 0 amide bonds. The summed E-state index contributed by atoms with van der Waals surface area (Å²) < 4.78 is 25.8. The van der Waals surface area contributed by atoms with Crippen molar-refractivity contribution >= 4 is 10.0 Å². The Morgan fingerprint density at radius 3 is 2.55 bits per heavy atom. The van der Waals surface area contributed by atoms with Gasteiger partial charge in [0.05, 0.1) is 17.9 Å². The van der Waals surface area contributed by atoms with E-state index in [4.69, 9.17) is 10.4 Å². The Morgan fingerprint density at radius 1 is 1.35 bits per heavy atom. The zero-order valence-electron chi connectivity index (χ0n) is 11.6. The van der Waals surface area contributed by atoms with Crippen LogP contribution in [-0.2, 0) is 10.0 Å². The quantitative estimate of drug-likeness (QED) is 0.740. The SMILES string of the molecule is CN(C(CCO)c1ccccc1)S(=O)(=O)CCCC#N. The average molecular weight is 296 g/mol. The summed E-state index contributed by atoms with van der Waals surface area (Å²) in [6.07, 6.45) is 0.894. The number of hydrogen-bond acceptors (Lipinski definition) is 4. The number of aliphatic hydroxyl groups is 1. The maximum atomic E-state index is 12.2. The maximum absolute atomic E-state index is 12.2. The minimum atomic E-state index is -3.43. The molecule has 0 heterocycles. The fraction of sp³-hybridized carbons (Fsp3) is 0.500. The van der Waals surface area contributed by atoms with Gasteiger partial charge in [-0.1, -0.05) is 30.3 Å². The lowest BCUT2D eigenvalue weighted by molar-refractivity contribution is 0.240. The molecule has 1 unspecified atom stereocenters.